The van der Waals surface area contributed by atoms with Crippen molar-refractivity contribution in [3.8, 4) is 5.75 Å². The summed E-state index contributed by atoms with van der Waals surface area (Å²) in [5, 5.41) is 6.73. The Hall–Kier alpha value is -2.34. The summed E-state index contributed by atoms with van der Waals surface area (Å²) in [6, 6.07) is 9.83. The zero-order chi connectivity index (χ0) is 16.9. The van der Waals surface area contributed by atoms with Gasteiger partial charge in [-0.1, -0.05) is 17.3 Å². The minimum atomic E-state index is -0.228. The fourth-order valence-electron chi connectivity index (χ4n) is 3.08. The second-order valence-electron chi connectivity index (χ2n) is 6.07. The zero-order valence-electron chi connectivity index (χ0n) is 14.1. The molecule has 1 aromatic carbocycles. The Morgan fingerprint density at radius 2 is 2.04 bits per heavy atom. The molecule has 128 valence electrons. The maximum Gasteiger partial charge on any atom is 0.289 e. The number of nitrogens with one attached hydrogen (secondary N) is 1. The number of methoxy groups -OCH3 is 1. The van der Waals surface area contributed by atoms with E-state index in [0.29, 0.717) is 12.2 Å². The van der Waals surface area contributed by atoms with Crippen LogP contribution in [0.3, 0.4) is 0 Å². The van der Waals surface area contributed by atoms with Gasteiger partial charge in [0.2, 0.25) is 5.76 Å². The van der Waals surface area contributed by atoms with E-state index >= 15 is 0 Å². The number of carbonyl (C=O) groups excluding carboxylic acids is 1. The third-order valence-corrected chi connectivity index (χ3v) is 4.39. The third kappa shape index (κ3) is 3.76. The van der Waals surface area contributed by atoms with E-state index in [1.165, 1.54) is 18.4 Å². The number of likely N-dealkylation sites (tertiary alicyclic amines) is 1. The second kappa shape index (κ2) is 7.49. The van der Waals surface area contributed by atoms with Crippen LogP contribution in [0.4, 0.5) is 0 Å². The fourth-order valence-corrected chi connectivity index (χ4v) is 3.08. The van der Waals surface area contributed by atoms with Crippen molar-refractivity contribution in [3.05, 3.63) is 47.3 Å². The quantitative estimate of drug-likeness (QED) is 0.882. The number of hydrogen-bond acceptors (Lipinski definition) is 5. The summed E-state index contributed by atoms with van der Waals surface area (Å²) in [5.41, 5.74) is 1.87. The molecule has 2 aromatic rings. The maximum atomic E-state index is 12.2. The lowest BCUT2D eigenvalue weighted by Crippen LogP contribution is -2.36. The number of amides is 1. The van der Waals surface area contributed by atoms with Crippen molar-refractivity contribution in [3.63, 3.8) is 0 Å². The Kier molecular flexibility index (Phi) is 5.15. The van der Waals surface area contributed by atoms with Crippen LogP contribution >= 0.6 is 0 Å². The molecule has 1 amide bonds. The largest absolute Gasteiger partial charge is 0.497 e. The van der Waals surface area contributed by atoms with Gasteiger partial charge in [0.15, 0.2) is 0 Å². The summed E-state index contributed by atoms with van der Waals surface area (Å²) in [6.07, 6.45) is 2.39. The van der Waals surface area contributed by atoms with Crippen molar-refractivity contribution in [2.45, 2.75) is 25.8 Å². The molecule has 1 fully saturated rings. The molecule has 1 aromatic heterocycles. The Labute approximate surface area is 141 Å². The van der Waals surface area contributed by atoms with E-state index < -0.39 is 0 Å². The molecule has 0 aliphatic carbocycles. The van der Waals surface area contributed by atoms with Crippen LogP contribution in [0.1, 0.15) is 40.7 Å². The molecule has 1 atom stereocenters. The van der Waals surface area contributed by atoms with Crippen LogP contribution in [-0.2, 0) is 0 Å². The molecule has 6 heteroatoms. The molecule has 0 spiro atoms. The first kappa shape index (κ1) is 16.5. The molecular formula is C18H23N3O3. The monoisotopic (exact) mass is 329 g/mol. The molecule has 3 rings (SSSR count). The number of ether oxygens (including phenoxy) is 1. The highest BCUT2D eigenvalue weighted by atomic mass is 16.5. The minimum absolute atomic E-state index is 0.145. The average molecular weight is 329 g/mol. The first-order valence-corrected chi connectivity index (χ1v) is 8.27. The smallest absolute Gasteiger partial charge is 0.289 e. The molecule has 0 saturated carbocycles. The summed E-state index contributed by atoms with van der Waals surface area (Å²) in [4.78, 5) is 14.6. The van der Waals surface area contributed by atoms with Gasteiger partial charge in [-0.25, -0.2) is 0 Å². The topological polar surface area (TPSA) is 67.6 Å². The summed E-state index contributed by atoms with van der Waals surface area (Å²) < 4.78 is 10.3. The Morgan fingerprint density at radius 1 is 1.33 bits per heavy atom. The summed E-state index contributed by atoms with van der Waals surface area (Å²) in [7, 11) is 1.66. The highest BCUT2D eigenvalue weighted by molar-refractivity contribution is 5.91. The maximum absolute atomic E-state index is 12.2. The lowest BCUT2D eigenvalue weighted by Gasteiger charge is -2.28. The first-order valence-electron chi connectivity index (χ1n) is 8.27. The van der Waals surface area contributed by atoms with E-state index in [9.17, 15) is 4.79 Å². The number of carbonyl (C=O) groups is 1. The standard InChI is InChI=1S/C18H23N3O3/c1-13-11-17(24-20-13)18(22)19-12-16(21-9-3-4-10-21)14-5-7-15(23-2)8-6-14/h5-8,11,16H,3-4,9-10,12H2,1-2H3,(H,19,22)/t16-/m0/s1. The van der Waals surface area contributed by atoms with Crippen LogP contribution in [0.25, 0.3) is 0 Å². The van der Waals surface area contributed by atoms with Gasteiger partial charge < -0.3 is 14.6 Å². The number of benzene rings is 1. The van der Waals surface area contributed by atoms with Crippen LogP contribution in [-0.4, -0.2) is 42.7 Å². The van der Waals surface area contributed by atoms with Crippen molar-refractivity contribution in [1.29, 1.82) is 0 Å². The van der Waals surface area contributed by atoms with E-state index in [4.69, 9.17) is 9.26 Å². The number of nitrogens with zero attached hydrogens (tertiary/aromatic N) is 2. The lowest BCUT2D eigenvalue weighted by molar-refractivity contribution is 0.0901. The summed E-state index contributed by atoms with van der Waals surface area (Å²) >= 11 is 0. The molecule has 0 bridgehead atoms. The molecule has 2 heterocycles. The van der Waals surface area contributed by atoms with Gasteiger partial charge in [-0.3, -0.25) is 9.69 Å². The molecule has 1 saturated heterocycles. The normalized spacial score (nSPS) is 16.1. The number of aromatic nitrogens is 1. The van der Waals surface area contributed by atoms with Gasteiger partial charge >= 0.3 is 0 Å². The van der Waals surface area contributed by atoms with Gasteiger partial charge in [0.25, 0.3) is 5.91 Å². The molecule has 1 aliphatic heterocycles. The molecule has 0 radical (unpaired) electrons. The van der Waals surface area contributed by atoms with Gasteiger partial charge in [-0.2, -0.15) is 0 Å². The SMILES string of the molecule is COc1ccc([C@H](CNC(=O)c2cc(C)no2)N2CCCC2)cc1. The van der Waals surface area contributed by atoms with Gasteiger partial charge in [0.05, 0.1) is 18.8 Å². The summed E-state index contributed by atoms with van der Waals surface area (Å²) in [5.74, 6) is 0.857. The van der Waals surface area contributed by atoms with E-state index in [1.807, 2.05) is 12.1 Å². The molecule has 1 aliphatic rings. The predicted octanol–water partition coefficient (Wildman–Crippen LogP) is 2.56. The predicted molar refractivity (Wildman–Crippen MR) is 90.1 cm³/mol. The van der Waals surface area contributed by atoms with Crippen LogP contribution in [0.2, 0.25) is 0 Å². The lowest BCUT2D eigenvalue weighted by atomic mass is 10.1. The highest BCUT2D eigenvalue weighted by Crippen LogP contribution is 2.26. The van der Waals surface area contributed by atoms with E-state index in [-0.39, 0.29) is 17.7 Å². The molecule has 6 nitrogen and oxygen atoms in total. The fraction of sp³-hybridized carbons (Fsp3) is 0.444. The van der Waals surface area contributed by atoms with Crippen LogP contribution < -0.4 is 10.1 Å². The Morgan fingerprint density at radius 3 is 2.62 bits per heavy atom. The van der Waals surface area contributed by atoms with Gasteiger partial charge in [0.1, 0.15) is 5.75 Å². The van der Waals surface area contributed by atoms with Gasteiger partial charge in [-0.15, -0.1) is 0 Å². The molecule has 0 unspecified atom stereocenters. The van der Waals surface area contributed by atoms with E-state index in [0.717, 1.165) is 18.8 Å². The highest BCUT2D eigenvalue weighted by Gasteiger charge is 2.24. The van der Waals surface area contributed by atoms with Crippen molar-refractivity contribution < 1.29 is 14.1 Å². The van der Waals surface area contributed by atoms with Crippen LogP contribution in [0, 0.1) is 6.92 Å². The number of aryl methyl sites for hydroxylation is 1. The van der Waals surface area contributed by atoms with Crippen molar-refractivity contribution in [1.82, 2.24) is 15.4 Å². The minimum Gasteiger partial charge on any atom is -0.497 e. The van der Waals surface area contributed by atoms with Crippen LogP contribution in [0.15, 0.2) is 34.9 Å². The number of rotatable bonds is 6. The Bertz CT molecular complexity index is 675. The van der Waals surface area contributed by atoms with Crippen LogP contribution in [0.5, 0.6) is 5.75 Å². The zero-order valence-corrected chi connectivity index (χ0v) is 14.1. The van der Waals surface area contributed by atoms with Gasteiger partial charge in [-0.05, 0) is 50.6 Å². The first-order chi connectivity index (χ1) is 11.7. The molecular weight excluding hydrogens is 306 g/mol. The number of hydrogen-bond donors (Lipinski definition) is 1. The van der Waals surface area contributed by atoms with Crippen molar-refractivity contribution in [2.75, 3.05) is 26.7 Å². The van der Waals surface area contributed by atoms with E-state index in [1.54, 1.807) is 20.1 Å². The van der Waals surface area contributed by atoms with Crippen molar-refractivity contribution >= 4 is 5.91 Å². The van der Waals surface area contributed by atoms with E-state index in [2.05, 4.69) is 27.5 Å². The summed E-state index contributed by atoms with van der Waals surface area (Å²) in [6.45, 7) is 4.43. The van der Waals surface area contributed by atoms with Gasteiger partial charge in [0, 0.05) is 12.6 Å². The second-order valence-corrected chi connectivity index (χ2v) is 6.07. The van der Waals surface area contributed by atoms with Crippen molar-refractivity contribution in [2.24, 2.45) is 0 Å². The molecule has 1 N–H and O–H groups in total. The molecule has 24 heavy (non-hydrogen) atoms. The Balaban J connectivity index is 1.71. The third-order valence-electron chi connectivity index (χ3n) is 4.39. The average Bonchev–Trinajstić information content (AvgIpc) is 3.27.